The normalized spacial score (nSPS) is 10.2. The fourth-order valence-electron chi connectivity index (χ4n) is 1.73. The average molecular weight is 289 g/mol. The Morgan fingerprint density at radius 1 is 0.941 bits per heavy atom. The van der Waals surface area contributed by atoms with Crippen LogP contribution in [0, 0.1) is 0 Å². The minimum atomic E-state index is 0.0852. The number of carbonyl (C=O) groups excluding carboxylic acids is 1. The zero-order valence-corrected chi connectivity index (χ0v) is 11.0. The molecule has 0 radical (unpaired) electrons. The van der Waals surface area contributed by atoms with Crippen molar-refractivity contribution in [2.24, 2.45) is 0 Å². The lowest BCUT2D eigenvalue weighted by Gasteiger charge is -2.03. The topological polar surface area (TPSA) is 17.1 Å². The van der Waals surface area contributed by atoms with Crippen LogP contribution in [-0.2, 0) is 6.42 Å². The number of aryl methyl sites for hydroxylation is 1. The standard InChI is InChI=1S/C15H13BrO/c16-10-9-12-5-4-8-14(11-12)15(17)13-6-2-1-3-7-13/h1-8,11H,9-10H2. The first-order valence-corrected chi connectivity index (χ1v) is 6.68. The largest absolute Gasteiger partial charge is 0.289 e. The highest BCUT2D eigenvalue weighted by atomic mass is 79.9. The molecule has 0 atom stereocenters. The number of carbonyl (C=O) groups is 1. The summed E-state index contributed by atoms with van der Waals surface area (Å²) in [6.45, 7) is 0. The summed E-state index contributed by atoms with van der Waals surface area (Å²) in [5, 5.41) is 0.913. The molecule has 0 saturated carbocycles. The lowest BCUT2D eigenvalue weighted by molar-refractivity contribution is 0.103. The zero-order chi connectivity index (χ0) is 12.1. The van der Waals surface area contributed by atoms with E-state index in [1.807, 2.05) is 54.6 Å². The Kier molecular flexibility index (Phi) is 4.10. The quantitative estimate of drug-likeness (QED) is 0.617. The van der Waals surface area contributed by atoms with Gasteiger partial charge in [-0.1, -0.05) is 64.5 Å². The number of hydrogen-bond donors (Lipinski definition) is 0. The number of rotatable bonds is 4. The van der Waals surface area contributed by atoms with Crippen molar-refractivity contribution in [3.63, 3.8) is 0 Å². The van der Waals surface area contributed by atoms with Crippen molar-refractivity contribution in [3.05, 3.63) is 71.3 Å². The Hall–Kier alpha value is -1.41. The SMILES string of the molecule is O=C(c1ccccc1)c1cccc(CCBr)c1. The third kappa shape index (κ3) is 3.04. The van der Waals surface area contributed by atoms with Crippen LogP contribution in [-0.4, -0.2) is 11.1 Å². The molecule has 0 saturated heterocycles. The molecule has 0 aliphatic heterocycles. The van der Waals surface area contributed by atoms with Crippen molar-refractivity contribution in [1.29, 1.82) is 0 Å². The van der Waals surface area contributed by atoms with Crippen LogP contribution in [0.25, 0.3) is 0 Å². The van der Waals surface area contributed by atoms with Gasteiger partial charge >= 0.3 is 0 Å². The van der Waals surface area contributed by atoms with E-state index in [2.05, 4.69) is 15.9 Å². The van der Waals surface area contributed by atoms with Gasteiger partial charge in [-0.3, -0.25) is 4.79 Å². The Morgan fingerprint density at radius 2 is 1.65 bits per heavy atom. The molecular weight excluding hydrogens is 276 g/mol. The fourth-order valence-corrected chi connectivity index (χ4v) is 2.19. The lowest BCUT2D eigenvalue weighted by atomic mass is 10.0. The maximum absolute atomic E-state index is 12.2. The van der Waals surface area contributed by atoms with E-state index in [-0.39, 0.29) is 5.78 Å². The predicted octanol–water partition coefficient (Wildman–Crippen LogP) is 3.86. The molecule has 0 aromatic heterocycles. The predicted molar refractivity (Wildman–Crippen MR) is 73.8 cm³/mol. The molecule has 0 bridgehead atoms. The van der Waals surface area contributed by atoms with E-state index in [1.165, 1.54) is 5.56 Å². The van der Waals surface area contributed by atoms with Gasteiger partial charge in [0.25, 0.3) is 0 Å². The number of ketones is 1. The molecule has 0 amide bonds. The number of benzene rings is 2. The van der Waals surface area contributed by atoms with Crippen LogP contribution in [0.1, 0.15) is 21.5 Å². The molecule has 0 spiro atoms. The van der Waals surface area contributed by atoms with Crippen molar-refractivity contribution in [2.75, 3.05) is 5.33 Å². The van der Waals surface area contributed by atoms with Gasteiger partial charge in [-0.25, -0.2) is 0 Å². The highest BCUT2D eigenvalue weighted by Gasteiger charge is 2.08. The van der Waals surface area contributed by atoms with Crippen molar-refractivity contribution in [2.45, 2.75) is 6.42 Å². The minimum absolute atomic E-state index is 0.0852. The molecule has 0 unspecified atom stereocenters. The Morgan fingerprint density at radius 3 is 2.35 bits per heavy atom. The Bertz CT molecular complexity index is 505. The van der Waals surface area contributed by atoms with Crippen LogP contribution in [0.3, 0.4) is 0 Å². The number of hydrogen-bond acceptors (Lipinski definition) is 1. The molecule has 2 heteroatoms. The minimum Gasteiger partial charge on any atom is -0.289 e. The maximum atomic E-state index is 12.2. The van der Waals surface area contributed by atoms with Gasteiger partial charge in [0.2, 0.25) is 0 Å². The van der Waals surface area contributed by atoms with E-state index >= 15 is 0 Å². The second-order valence-corrected chi connectivity index (χ2v) is 4.63. The molecule has 17 heavy (non-hydrogen) atoms. The molecule has 86 valence electrons. The highest BCUT2D eigenvalue weighted by Crippen LogP contribution is 2.12. The molecule has 2 aromatic rings. The van der Waals surface area contributed by atoms with E-state index in [0.29, 0.717) is 0 Å². The van der Waals surface area contributed by atoms with Gasteiger partial charge in [-0.05, 0) is 18.1 Å². The summed E-state index contributed by atoms with van der Waals surface area (Å²) in [5.74, 6) is 0.0852. The van der Waals surface area contributed by atoms with E-state index in [9.17, 15) is 4.79 Å². The number of alkyl halides is 1. The fraction of sp³-hybridized carbons (Fsp3) is 0.133. The first-order valence-electron chi connectivity index (χ1n) is 5.56. The molecule has 1 nitrogen and oxygen atoms in total. The van der Waals surface area contributed by atoms with Crippen LogP contribution in [0.4, 0.5) is 0 Å². The molecule has 0 aliphatic rings. The number of halogens is 1. The summed E-state index contributed by atoms with van der Waals surface area (Å²) in [6, 6.07) is 17.2. The van der Waals surface area contributed by atoms with Crippen molar-refractivity contribution in [1.82, 2.24) is 0 Å². The van der Waals surface area contributed by atoms with Crippen LogP contribution in [0.5, 0.6) is 0 Å². The summed E-state index contributed by atoms with van der Waals surface area (Å²) in [7, 11) is 0. The van der Waals surface area contributed by atoms with Crippen molar-refractivity contribution >= 4 is 21.7 Å². The van der Waals surface area contributed by atoms with Crippen LogP contribution < -0.4 is 0 Å². The zero-order valence-electron chi connectivity index (χ0n) is 9.40. The summed E-state index contributed by atoms with van der Waals surface area (Å²) in [4.78, 5) is 12.2. The van der Waals surface area contributed by atoms with E-state index in [0.717, 1.165) is 22.9 Å². The smallest absolute Gasteiger partial charge is 0.193 e. The molecule has 2 rings (SSSR count). The third-order valence-corrected chi connectivity index (χ3v) is 3.00. The van der Waals surface area contributed by atoms with Gasteiger partial charge in [0.05, 0.1) is 0 Å². The highest BCUT2D eigenvalue weighted by molar-refractivity contribution is 9.09. The lowest BCUT2D eigenvalue weighted by Crippen LogP contribution is -2.01. The second-order valence-electron chi connectivity index (χ2n) is 3.83. The molecular formula is C15H13BrO. The van der Waals surface area contributed by atoms with Crippen molar-refractivity contribution < 1.29 is 4.79 Å². The van der Waals surface area contributed by atoms with E-state index < -0.39 is 0 Å². The summed E-state index contributed by atoms with van der Waals surface area (Å²) in [6.07, 6.45) is 0.940. The Labute approximate surface area is 110 Å². The van der Waals surface area contributed by atoms with Gasteiger partial charge < -0.3 is 0 Å². The van der Waals surface area contributed by atoms with Gasteiger partial charge in [-0.15, -0.1) is 0 Å². The van der Waals surface area contributed by atoms with Crippen molar-refractivity contribution in [3.8, 4) is 0 Å². The van der Waals surface area contributed by atoms with Gasteiger partial charge in [0, 0.05) is 16.5 Å². The monoisotopic (exact) mass is 288 g/mol. The van der Waals surface area contributed by atoms with Gasteiger partial charge in [-0.2, -0.15) is 0 Å². The molecule has 0 heterocycles. The first kappa shape index (κ1) is 12.1. The molecule has 0 fully saturated rings. The second kappa shape index (κ2) is 5.78. The van der Waals surface area contributed by atoms with Gasteiger partial charge in [0.15, 0.2) is 5.78 Å². The van der Waals surface area contributed by atoms with Crippen LogP contribution in [0.15, 0.2) is 54.6 Å². The van der Waals surface area contributed by atoms with E-state index in [1.54, 1.807) is 0 Å². The summed E-state index contributed by atoms with van der Waals surface area (Å²) < 4.78 is 0. The molecule has 0 aliphatic carbocycles. The maximum Gasteiger partial charge on any atom is 0.193 e. The molecule has 2 aromatic carbocycles. The van der Waals surface area contributed by atoms with Crippen LogP contribution in [0.2, 0.25) is 0 Å². The van der Waals surface area contributed by atoms with Gasteiger partial charge in [0.1, 0.15) is 0 Å². The molecule has 0 N–H and O–H groups in total. The summed E-state index contributed by atoms with van der Waals surface area (Å²) in [5.41, 5.74) is 2.68. The van der Waals surface area contributed by atoms with E-state index in [4.69, 9.17) is 0 Å². The third-order valence-electron chi connectivity index (χ3n) is 2.61. The Balaban J connectivity index is 2.28. The first-order chi connectivity index (χ1) is 8.31. The average Bonchev–Trinajstić information content (AvgIpc) is 2.40. The van der Waals surface area contributed by atoms with Crippen LogP contribution >= 0.6 is 15.9 Å². The summed E-state index contributed by atoms with van der Waals surface area (Å²) >= 11 is 3.41.